The monoisotopic (exact) mass is 217 g/mol. The van der Waals surface area contributed by atoms with E-state index in [1.165, 1.54) is 5.06 Å². The molecule has 0 atom stereocenters. The van der Waals surface area contributed by atoms with Crippen molar-refractivity contribution < 1.29 is 5.21 Å². The van der Waals surface area contributed by atoms with Crippen LogP contribution in [0.4, 0.5) is 0 Å². The van der Waals surface area contributed by atoms with Gasteiger partial charge in [-0.05, 0) is 47.5 Å². The van der Waals surface area contributed by atoms with Crippen LogP contribution in [-0.4, -0.2) is 50.0 Å². The number of hydroxylamine groups is 2. The lowest BCUT2D eigenvalue weighted by Gasteiger charge is -2.53. The van der Waals surface area contributed by atoms with Crippen molar-refractivity contribution in [1.82, 2.24) is 26.3 Å². The minimum Gasteiger partial charge on any atom is -0.308 e. The van der Waals surface area contributed by atoms with Crippen LogP contribution in [0.5, 0.6) is 0 Å². The lowest BCUT2D eigenvalue weighted by molar-refractivity contribution is -0.294. The van der Waals surface area contributed by atoms with E-state index >= 15 is 0 Å². The molecule has 1 fully saturated rings. The van der Waals surface area contributed by atoms with Gasteiger partial charge >= 0.3 is 0 Å². The van der Waals surface area contributed by atoms with Crippen molar-refractivity contribution in [3.63, 3.8) is 0 Å². The van der Waals surface area contributed by atoms with Gasteiger partial charge in [0, 0.05) is 0 Å². The Kier molecular flexibility index (Phi) is 4.05. The molecule has 15 heavy (non-hydrogen) atoms. The molecule has 0 aromatic carbocycles. The third-order valence-electron chi connectivity index (χ3n) is 3.45. The maximum absolute atomic E-state index is 10.3. The van der Waals surface area contributed by atoms with Crippen molar-refractivity contribution in [2.45, 2.75) is 30.8 Å². The zero-order chi connectivity index (χ0) is 11.5. The molecule has 0 amide bonds. The Labute approximate surface area is 91.4 Å². The molecule has 0 unspecified atom stereocenters. The number of rotatable bonds is 4. The summed E-state index contributed by atoms with van der Waals surface area (Å²) in [6.07, 6.45) is 2.71. The fraction of sp³-hybridized carbons (Fsp3) is 1.00. The quantitative estimate of drug-likeness (QED) is 0.391. The van der Waals surface area contributed by atoms with Gasteiger partial charge in [0.15, 0.2) is 11.6 Å². The molecule has 1 saturated heterocycles. The summed E-state index contributed by atoms with van der Waals surface area (Å²) < 4.78 is 0. The van der Waals surface area contributed by atoms with E-state index in [0.29, 0.717) is 0 Å². The predicted molar refractivity (Wildman–Crippen MR) is 59.2 cm³/mol. The van der Waals surface area contributed by atoms with Crippen molar-refractivity contribution in [2.75, 3.05) is 28.2 Å². The first kappa shape index (κ1) is 12.8. The van der Waals surface area contributed by atoms with Crippen LogP contribution in [0.2, 0.25) is 0 Å². The Hall–Kier alpha value is -0.240. The molecule has 5 N–H and O–H groups in total. The molecule has 0 saturated carbocycles. The van der Waals surface area contributed by atoms with Crippen molar-refractivity contribution in [3.8, 4) is 0 Å². The topological polar surface area (TPSA) is 71.6 Å². The van der Waals surface area contributed by atoms with Crippen LogP contribution in [0, 0.1) is 0 Å². The highest BCUT2D eigenvalue weighted by molar-refractivity contribution is 4.94. The summed E-state index contributed by atoms with van der Waals surface area (Å²) in [5.41, 5.74) is 0. The van der Waals surface area contributed by atoms with Gasteiger partial charge in [-0.3, -0.25) is 21.3 Å². The summed E-state index contributed by atoms with van der Waals surface area (Å²) in [6.45, 7) is 0. The highest BCUT2D eigenvalue weighted by Crippen LogP contribution is 2.30. The summed E-state index contributed by atoms with van der Waals surface area (Å²) >= 11 is 0. The molecule has 0 bridgehead atoms. The highest BCUT2D eigenvalue weighted by Gasteiger charge is 2.49. The van der Waals surface area contributed by atoms with Crippen LogP contribution in [0.15, 0.2) is 0 Å². The van der Waals surface area contributed by atoms with Gasteiger partial charge in [0.25, 0.3) is 0 Å². The minimum atomic E-state index is -0.579. The highest BCUT2D eigenvalue weighted by atomic mass is 16.5. The van der Waals surface area contributed by atoms with Crippen molar-refractivity contribution in [2.24, 2.45) is 0 Å². The van der Waals surface area contributed by atoms with Gasteiger partial charge in [0.1, 0.15) is 0 Å². The fourth-order valence-electron chi connectivity index (χ4n) is 2.31. The van der Waals surface area contributed by atoms with E-state index in [4.69, 9.17) is 0 Å². The van der Waals surface area contributed by atoms with Gasteiger partial charge in [-0.1, -0.05) is 0 Å². The third-order valence-corrected chi connectivity index (χ3v) is 3.45. The molecule has 1 heterocycles. The minimum absolute atomic E-state index is 0.579. The molecule has 1 aliphatic rings. The largest absolute Gasteiger partial charge is 0.308 e. The number of hydrogen-bond acceptors (Lipinski definition) is 6. The normalized spacial score (nSPS) is 25.4. The zero-order valence-corrected chi connectivity index (χ0v) is 10.0. The molecule has 0 aliphatic carbocycles. The SMILES string of the molecule is CNC1(NC)CCCC(NC)(NC)N1O. The molecule has 0 spiro atoms. The first-order valence-corrected chi connectivity index (χ1v) is 5.35. The lowest BCUT2D eigenvalue weighted by atomic mass is 9.98. The molecular weight excluding hydrogens is 194 g/mol. The number of nitrogens with zero attached hydrogens (tertiary/aromatic N) is 1. The van der Waals surface area contributed by atoms with Crippen molar-refractivity contribution in [3.05, 3.63) is 0 Å². The second-order valence-corrected chi connectivity index (χ2v) is 3.89. The Morgan fingerprint density at radius 3 is 1.47 bits per heavy atom. The van der Waals surface area contributed by atoms with Gasteiger partial charge in [0.05, 0.1) is 0 Å². The average Bonchev–Trinajstić information content (AvgIpc) is 2.30. The second kappa shape index (κ2) is 4.73. The summed E-state index contributed by atoms with van der Waals surface area (Å²) in [5.74, 6) is -1.16. The molecule has 0 aromatic rings. The van der Waals surface area contributed by atoms with Crippen LogP contribution in [0.3, 0.4) is 0 Å². The Morgan fingerprint density at radius 1 is 0.867 bits per heavy atom. The van der Waals surface area contributed by atoms with Gasteiger partial charge < -0.3 is 5.21 Å². The Bertz CT molecular complexity index is 183. The van der Waals surface area contributed by atoms with Gasteiger partial charge in [-0.2, -0.15) is 0 Å². The van der Waals surface area contributed by atoms with E-state index in [2.05, 4.69) is 21.3 Å². The molecular formula is C9H23N5O. The maximum Gasteiger partial charge on any atom is 0.151 e. The van der Waals surface area contributed by atoms with Crippen LogP contribution in [-0.2, 0) is 0 Å². The molecule has 0 aromatic heterocycles. The first-order chi connectivity index (χ1) is 7.10. The van der Waals surface area contributed by atoms with Gasteiger partial charge in [-0.15, -0.1) is 5.06 Å². The van der Waals surface area contributed by atoms with Gasteiger partial charge in [-0.25, -0.2) is 0 Å². The molecule has 0 radical (unpaired) electrons. The van der Waals surface area contributed by atoms with E-state index in [9.17, 15) is 5.21 Å². The third kappa shape index (κ3) is 1.89. The van der Waals surface area contributed by atoms with E-state index in [1.807, 2.05) is 28.2 Å². The Balaban J connectivity index is 2.95. The molecule has 90 valence electrons. The van der Waals surface area contributed by atoms with Crippen LogP contribution in [0.25, 0.3) is 0 Å². The van der Waals surface area contributed by atoms with Gasteiger partial charge in [0.2, 0.25) is 0 Å². The zero-order valence-electron chi connectivity index (χ0n) is 10.0. The van der Waals surface area contributed by atoms with E-state index in [-0.39, 0.29) is 0 Å². The van der Waals surface area contributed by atoms with Crippen LogP contribution >= 0.6 is 0 Å². The number of nitrogens with one attached hydrogen (secondary N) is 4. The standard InChI is InChI=1S/C9H23N5O/c1-10-8(11-2)6-5-7-9(12-3,13-4)14(8)15/h10-13,15H,5-7H2,1-4H3. The smallest absolute Gasteiger partial charge is 0.151 e. The van der Waals surface area contributed by atoms with Crippen molar-refractivity contribution in [1.29, 1.82) is 0 Å². The molecule has 1 aliphatic heterocycles. The van der Waals surface area contributed by atoms with Crippen molar-refractivity contribution >= 4 is 0 Å². The summed E-state index contributed by atoms with van der Waals surface area (Å²) in [4.78, 5) is 0. The Morgan fingerprint density at radius 2 is 1.20 bits per heavy atom. The van der Waals surface area contributed by atoms with E-state index < -0.39 is 11.6 Å². The molecule has 6 nitrogen and oxygen atoms in total. The van der Waals surface area contributed by atoms with Crippen LogP contribution < -0.4 is 21.3 Å². The maximum atomic E-state index is 10.3. The first-order valence-electron chi connectivity index (χ1n) is 5.35. The lowest BCUT2D eigenvalue weighted by Crippen LogP contribution is -2.79. The van der Waals surface area contributed by atoms with Crippen LogP contribution in [0.1, 0.15) is 19.3 Å². The fourth-order valence-corrected chi connectivity index (χ4v) is 2.31. The summed E-state index contributed by atoms with van der Waals surface area (Å²) in [7, 11) is 7.34. The van der Waals surface area contributed by atoms with E-state index in [0.717, 1.165) is 19.3 Å². The average molecular weight is 217 g/mol. The summed E-state index contributed by atoms with van der Waals surface area (Å²) in [6, 6.07) is 0. The summed E-state index contributed by atoms with van der Waals surface area (Å²) in [5, 5.41) is 24.1. The molecule has 6 heteroatoms. The predicted octanol–water partition coefficient (Wildman–Crippen LogP) is -0.953. The number of piperidine rings is 1. The molecule has 1 rings (SSSR count). The second-order valence-electron chi connectivity index (χ2n) is 3.89. The number of hydrogen-bond donors (Lipinski definition) is 5. The van der Waals surface area contributed by atoms with E-state index in [1.54, 1.807) is 0 Å².